The van der Waals surface area contributed by atoms with E-state index in [9.17, 15) is 13.6 Å². The molecule has 0 amide bonds. The number of hydrogen-bond donors (Lipinski definition) is 3. The van der Waals surface area contributed by atoms with Gasteiger partial charge < -0.3 is 15.9 Å². The summed E-state index contributed by atoms with van der Waals surface area (Å²) in [6, 6.07) is 7.42. The molecule has 0 spiro atoms. The van der Waals surface area contributed by atoms with Crippen LogP contribution in [0.3, 0.4) is 0 Å². The van der Waals surface area contributed by atoms with Gasteiger partial charge in [-0.3, -0.25) is 9.78 Å². The molecule has 7 heteroatoms. The average molecular weight is 354 g/mol. The Balaban J connectivity index is 2.16. The summed E-state index contributed by atoms with van der Waals surface area (Å²) in [5.74, 6) is -2.83. The van der Waals surface area contributed by atoms with Crippen LogP contribution in [0.4, 0.5) is 14.5 Å². The zero-order valence-corrected chi connectivity index (χ0v) is 13.9. The molecular formula is C19H16F2N4O. The van der Waals surface area contributed by atoms with E-state index in [1.807, 2.05) is 0 Å². The molecule has 2 aromatic heterocycles. The van der Waals surface area contributed by atoms with Gasteiger partial charge in [0.2, 0.25) is 5.78 Å². The van der Waals surface area contributed by atoms with E-state index in [4.69, 9.17) is 5.73 Å². The normalized spacial score (nSPS) is 10.4. The topological polar surface area (TPSA) is 87.6 Å². The molecule has 0 aliphatic carbocycles. The Morgan fingerprint density at radius 3 is 2.46 bits per heavy atom. The third-order valence-corrected chi connectivity index (χ3v) is 3.93. The van der Waals surface area contributed by atoms with E-state index in [0.717, 1.165) is 23.3 Å². The van der Waals surface area contributed by atoms with E-state index in [0.29, 0.717) is 5.56 Å². The third kappa shape index (κ3) is 3.32. The largest absolute Gasteiger partial charge is 0.396 e. The lowest BCUT2D eigenvalue weighted by molar-refractivity contribution is 0.103. The standard InChI is InChI=1S/C19H16F2N4O/c1-11-8-13(12-4-6-23-7-5-12)9-24-25-10-14(11)19(26)17-15(20)2-3-16(22)18(17)21/h2-10,24-25H,22H2,1H3. The maximum absolute atomic E-state index is 14.2. The van der Waals surface area contributed by atoms with E-state index >= 15 is 0 Å². The monoisotopic (exact) mass is 354 g/mol. The van der Waals surface area contributed by atoms with E-state index in [2.05, 4.69) is 15.2 Å². The van der Waals surface area contributed by atoms with Crippen molar-refractivity contribution in [2.75, 3.05) is 5.73 Å². The molecule has 26 heavy (non-hydrogen) atoms. The van der Waals surface area contributed by atoms with Gasteiger partial charge in [0.15, 0.2) is 5.82 Å². The van der Waals surface area contributed by atoms with Gasteiger partial charge in [0, 0.05) is 30.4 Å². The second-order valence-electron chi connectivity index (χ2n) is 5.66. The van der Waals surface area contributed by atoms with Gasteiger partial charge >= 0.3 is 0 Å². The predicted octanol–water partition coefficient (Wildman–Crippen LogP) is 3.93. The number of hydrogen-bond acceptors (Lipinski definition) is 3. The van der Waals surface area contributed by atoms with Crippen LogP contribution in [0.1, 0.15) is 21.5 Å². The summed E-state index contributed by atoms with van der Waals surface area (Å²) in [7, 11) is 0. The van der Waals surface area contributed by atoms with Crippen LogP contribution in [-0.2, 0) is 0 Å². The number of H-pyrrole nitrogens is 2. The van der Waals surface area contributed by atoms with Crippen LogP contribution in [-0.4, -0.2) is 21.0 Å². The fraction of sp³-hybridized carbons (Fsp3) is 0.0526. The first-order chi connectivity index (χ1) is 12.5. The number of anilines is 1. The number of aryl methyl sites for hydroxylation is 1. The highest BCUT2D eigenvalue weighted by Crippen LogP contribution is 2.24. The summed E-state index contributed by atoms with van der Waals surface area (Å²) in [6.07, 6.45) is 6.35. The van der Waals surface area contributed by atoms with Gasteiger partial charge in [-0.15, -0.1) is 0 Å². The second kappa shape index (κ2) is 7.18. The number of benzene rings is 1. The zero-order valence-electron chi connectivity index (χ0n) is 13.9. The lowest BCUT2D eigenvalue weighted by Gasteiger charge is -2.09. The Morgan fingerprint density at radius 2 is 1.73 bits per heavy atom. The molecule has 0 unspecified atom stereocenters. The van der Waals surface area contributed by atoms with Crippen molar-refractivity contribution in [3.8, 4) is 11.1 Å². The zero-order chi connectivity index (χ0) is 18.7. The van der Waals surface area contributed by atoms with Crippen LogP contribution in [0.2, 0.25) is 0 Å². The maximum Gasteiger partial charge on any atom is 0.200 e. The number of nitrogens with zero attached hydrogens (tertiary/aromatic N) is 1. The maximum atomic E-state index is 14.2. The van der Waals surface area contributed by atoms with Crippen molar-refractivity contribution in [2.45, 2.75) is 6.92 Å². The fourth-order valence-corrected chi connectivity index (χ4v) is 2.57. The number of nitrogens with two attached hydrogens (primary N) is 1. The summed E-state index contributed by atoms with van der Waals surface area (Å²) in [5, 5.41) is 5.55. The van der Waals surface area contributed by atoms with Crippen LogP contribution in [0.15, 0.2) is 55.1 Å². The van der Waals surface area contributed by atoms with Crippen molar-refractivity contribution in [1.29, 1.82) is 0 Å². The van der Waals surface area contributed by atoms with Crippen molar-refractivity contribution in [1.82, 2.24) is 15.2 Å². The number of halogens is 2. The molecule has 2 heterocycles. The van der Waals surface area contributed by atoms with Crippen molar-refractivity contribution >= 4 is 11.5 Å². The quantitative estimate of drug-likeness (QED) is 0.492. The number of aromatic amines is 2. The van der Waals surface area contributed by atoms with Crippen LogP contribution >= 0.6 is 0 Å². The minimum absolute atomic E-state index is 0.112. The Hall–Kier alpha value is -3.48. The third-order valence-electron chi connectivity index (χ3n) is 3.93. The molecule has 1 aromatic carbocycles. The van der Waals surface area contributed by atoms with Crippen molar-refractivity contribution in [3.63, 3.8) is 0 Å². The summed E-state index contributed by atoms with van der Waals surface area (Å²) in [5.41, 5.74) is 6.79. The average Bonchev–Trinajstić information content (AvgIpc) is 2.62. The van der Waals surface area contributed by atoms with Gasteiger partial charge in [-0.25, -0.2) is 8.78 Å². The number of aromatic nitrogens is 3. The first kappa shape index (κ1) is 17.3. The first-order valence-electron chi connectivity index (χ1n) is 7.77. The van der Waals surface area contributed by atoms with E-state index in [-0.39, 0.29) is 11.3 Å². The van der Waals surface area contributed by atoms with Crippen LogP contribution in [0.25, 0.3) is 11.1 Å². The summed E-state index contributed by atoms with van der Waals surface area (Å²) in [6.45, 7) is 1.69. The van der Waals surface area contributed by atoms with E-state index in [1.165, 1.54) is 6.20 Å². The van der Waals surface area contributed by atoms with E-state index < -0.39 is 23.0 Å². The number of nitrogens with one attached hydrogen (secondary N) is 2. The Labute approximate surface area is 148 Å². The van der Waals surface area contributed by atoms with Crippen LogP contribution in [0.5, 0.6) is 0 Å². The molecule has 0 bridgehead atoms. The van der Waals surface area contributed by atoms with E-state index in [1.54, 1.807) is 43.7 Å². The predicted molar refractivity (Wildman–Crippen MR) is 94.9 cm³/mol. The number of carbonyl (C=O) groups excluding carboxylic acids is 1. The van der Waals surface area contributed by atoms with Crippen molar-refractivity contribution < 1.29 is 13.6 Å². The molecule has 0 saturated carbocycles. The molecule has 0 aliphatic heterocycles. The number of ketones is 1. The highest BCUT2D eigenvalue weighted by molar-refractivity contribution is 6.10. The number of carbonyl (C=O) groups is 1. The molecule has 0 saturated heterocycles. The molecule has 5 nitrogen and oxygen atoms in total. The Bertz CT molecular complexity index is 1010. The van der Waals surface area contributed by atoms with Gasteiger partial charge in [0.05, 0.1) is 11.3 Å². The molecule has 0 fully saturated rings. The van der Waals surface area contributed by atoms with Gasteiger partial charge in [-0.2, -0.15) is 0 Å². The van der Waals surface area contributed by atoms with Gasteiger partial charge in [0.25, 0.3) is 0 Å². The Morgan fingerprint density at radius 1 is 1.04 bits per heavy atom. The summed E-state index contributed by atoms with van der Waals surface area (Å²) < 4.78 is 28.3. The summed E-state index contributed by atoms with van der Waals surface area (Å²) in [4.78, 5) is 16.7. The fourth-order valence-electron chi connectivity index (χ4n) is 2.57. The molecule has 3 rings (SSSR count). The minimum atomic E-state index is -1.07. The summed E-state index contributed by atoms with van der Waals surface area (Å²) >= 11 is 0. The van der Waals surface area contributed by atoms with Gasteiger partial charge in [-0.05, 0) is 53.9 Å². The molecule has 4 N–H and O–H groups in total. The van der Waals surface area contributed by atoms with Gasteiger partial charge in [-0.1, -0.05) is 0 Å². The molecule has 0 atom stereocenters. The van der Waals surface area contributed by atoms with Crippen molar-refractivity contribution in [2.24, 2.45) is 0 Å². The highest BCUT2D eigenvalue weighted by atomic mass is 19.1. The lowest BCUT2D eigenvalue weighted by Crippen LogP contribution is -2.11. The number of rotatable bonds is 3. The molecule has 0 aliphatic rings. The highest BCUT2D eigenvalue weighted by Gasteiger charge is 2.22. The second-order valence-corrected chi connectivity index (χ2v) is 5.66. The SMILES string of the molecule is Cc1cc(-c2ccncc2)c[nH][nH]cc1C(=O)c1c(F)ccc(N)c1F. The smallest absolute Gasteiger partial charge is 0.200 e. The lowest BCUT2D eigenvalue weighted by atomic mass is 9.98. The molecular weight excluding hydrogens is 338 g/mol. The number of nitrogen functional groups attached to an aromatic ring is 1. The van der Waals surface area contributed by atoms with Crippen LogP contribution in [0, 0.1) is 18.6 Å². The van der Waals surface area contributed by atoms with Crippen molar-refractivity contribution in [3.05, 3.63) is 83.4 Å². The number of pyridine rings is 1. The molecule has 3 aromatic rings. The molecule has 132 valence electrons. The van der Waals surface area contributed by atoms with Crippen LogP contribution < -0.4 is 5.73 Å². The Kier molecular flexibility index (Phi) is 4.79. The minimum Gasteiger partial charge on any atom is -0.396 e. The first-order valence-corrected chi connectivity index (χ1v) is 7.77. The molecule has 0 radical (unpaired) electrons. The van der Waals surface area contributed by atoms with Gasteiger partial charge in [0.1, 0.15) is 5.82 Å².